The third-order valence-corrected chi connectivity index (χ3v) is 4.75. The number of nitrogens with one attached hydrogen (secondary N) is 1. The molecule has 0 unspecified atom stereocenters. The van der Waals surface area contributed by atoms with E-state index in [9.17, 15) is 9.59 Å². The summed E-state index contributed by atoms with van der Waals surface area (Å²) in [5, 5.41) is 2.91. The van der Waals surface area contributed by atoms with Crippen molar-refractivity contribution in [1.82, 2.24) is 10.2 Å². The minimum absolute atomic E-state index is 0.179. The first-order valence-electron chi connectivity index (χ1n) is 10.2. The number of aryl methyl sites for hydroxylation is 1. The van der Waals surface area contributed by atoms with E-state index in [-0.39, 0.29) is 18.4 Å². The molecule has 0 spiro atoms. The van der Waals surface area contributed by atoms with Crippen LogP contribution in [0.2, 0.25) is 0 Å². The standard InChI is InChI=1S/C24H32N2O4/c1-17(2)14-25-24(28)19(4)26(15-20-12-10-18(3)11-13-20)23(27)16-30-22-9-7-6-8-21(22)29-5/h6-13,17,19H,14-16H2,1-5H3,(H,25,28)/t19-/m0/s1. The van der Waals surface area contributed by atoms with Crippen LogP contribution in [0.5, 0.6) is 11.5 Å². The molecule has 6 nitrogen and oxygen atoms in total. The maximum absolute atomic E-state index is 13.1. The summed E-state index contributed by atoms with van der Waals surface area (Å²) in [4.78, 5) is 27.2. The summed E-state index contributed by atoms with van der Waals surface area (Å²) in [6.45, 7) is 8.51. The molecule has 0 heterocycles. The van der Waals surface area contributed by atoms with Crippen LogP contribution >= 0.6 is 0 Å². The molecule has 0 aliphatic rings. The number of para-hydroxylation sites is 2. The van der Waals surface area contributed by atoms with Gasteiger partial charge in [0.15, 0.2) is 18.1 Å². The van der Waals surface area contributed by atoms with Crippen molar-refractivity contribution < 1.29 is 19.1 Å². The number of rotatable bonds is 10. The molecule has 2 aromatic rings. The van der Waals surface area contributed by atoms with Crippen LogP contribution in [0.25, 0.3) is 0 Å². The highest BCUT2D eigenvalue weighted by Crippen LogP contribution is 2.25. The van der Waals surface area contributed by atoms with Crippen LogP contribution in [0, 0.1) is 12.8 Å². The number of hydrogen-bond donors (Lipinski definition) is 1. The minimum Gasteiger partial charge on any atom is -0.493 e. The fourth-order valence-corrected chi connectivity index (χ4v) is 2.89. The fourth-order valence-electron chi connectivity index (χ4n) is 2.89. The van der Waals surface area contributed by atoms with Gasteiger partial charge in [-0.05, 0) is 37.5 Å². The Kier molecular flexibility index (Phi) is 8.71. The third-order valence-electron chi connectivity index (χ3n) is 4.75. The molecule has 0 saturated carbocycles. The zero-order valence-electron chi connectivity index (χ0n) is 18.5. The molecular formula is C24H32N2O4. The van der Waals surface area contributed by atoms with Gasteiger partial charge in [0.05, 0.1) is 7.11 Å². The lowest BCUT2D eigenvalue weighted by Crippen LogP contribution is -2.49. The highest BCUT2D eigenvalue weighted by molar-refractivity contribution is 5.88. The van der Waals surface area contributed by atoms with E-state index in [1.807, 2.05) is 57.2 Å². The van der Waals surface area contributed by atoms with Gasteiger partial charge in [-0.25, -0.2) is 0 Å². The summed E-state index contributed by atoms with van der Waals surface area (Å²) >= 11 is 0. The van der Waals surface area contributed by atoms with Crippen molar-refractivity contribution in [3.8, 4) is 11.5 Å². The topological polar surface area (TPSA) is 67.9 Å². The van der Waals surface area contributed by atoms with E-state index >= 15 is 0 Å². The van der Waals surface area contributed by atoms with Crippen LogP contribution in [-0.4, -0.2) is 43.0 Å². The van der Waals surface area contributed by atoms with Crippen LogP contribution in [0.15, 0.2) is 48.5 Å². The molecule has 0 aromatic heterocycles. The van der Waals surface area contributed by atoms with Gasteiger partial charge in [0, 0.05) is 13.1 Å². The second kappa shape index (κ2) is 11.2. The number of carbonyl (C=O) groups excluding carboxylic acids is 2. The number of benzene rings is 2. The maximum Gasteiger partial charge on any atom is 0.261 e. The van der Waals surface area contributed by atoms with Crippen LogP contribution in [-0.2, 0) is 16.1 Å². The average Bonchev–Trinajstić information content (AvgIpc) is 2.75. The molecule has 2 aromatic carbocycles. The Morgan fingerprint density at radius 1 is 1.00 bits per heavy atom. The van der Waals surface area contributed by atoms with Crippen molar-refractivity contribution in [1.29, 1.82) is 0 Å². The lowest BCUT2D eigenvalue weighted by molar-refractivity contribution is -0.142. The van der Waals surface area contributed by atoms with E-state index < -0.39 is 6.04 Å². The molecule has 2 rings (SSSR count). The van der Waals surface area contributed by atoms with E-state index in [1.165, 1.54) is 0 Å². The molecular weight excluding hydrogens is 380 g/mol. The van der Waals surface area contributed by atoms with Gasteiger partial charge in [0.2, 0.25) is 5.91 Å². The Morgan fingerprint density at radius 2 is 1.63 bits per heavy atom. The van der Waals surface area contributed by atoms with E-state index in [2.05, 4.69) is 5.32 Å². The molecule has 0 bridgehead atoms. The summed E-state index contributed by atoms with van der Waals surface area (Å²) in [6.07, 6.45) is 0. The van der Waals surface area contributed by atoms with Gasteiger partial charge < -0.3 is 19.7 Å². The van der Waals surface area contributed by atoms with E-state index in [0.29, 0.717) is 30.5 Å². The molecule has 0 radical (unpaired) electrons. The van der Waals surface area contributed by atoms with Crippen LogP contribution < -0.4 is 14.8 Å². The first-order valence-corrected chi connectivity index (χ1v) is 10.2. The zero-order chi connectivity index (χ0) is 22.1. The Balaban J connectivity index is 2.15. The second-order valence-electron chi connectivity index (χ2n) is 7.76. The van der Waals surface area contributed by atoms with Crippen LogP contribution in [0.1, 0.15) is 31.9 Å². The quantitative estimate of drug-likeness (QED) is 0.648. The van der Waals surface area contributed by atoms with Crippen molar-refractivity contribution in [2.75, 3.05) is 20.3 Å². The van der Waals surface area contributed by atoms with Crippen LogP contribution in [0.4, 0.5) is 0 Å². The van der Waals surface area contributed by atoms with E-state index in [0.717, 1.165) is 11.1 Å². The molecule has 2 amide bonds. The first kappa shape index (κ1) is 23.3. The van der Waals surface area contributed by atoms with Gasteiger partial charge in [-0.1, -0.05) is 55.8 Å². The van der Waals surface area contributed by atoms with Crippen molar-refractivity contribution >= 4 is 11.8 Å². The van der Waals surface area contributed by atoms with Crippen LogP contribution in [0.3, 0.4) is 0 Å². The molecule has 30 heavy (non-hydrogen) atoms. The molecule has 0 aliphatic heterocycles. The Labute approximate surface area is 179 Å². The number of amides is 2. The molecule has 0 aliphatic carbocycles. The normalized spacial score (nSPS) is 11.7. The summed E-state index contributed by atoms with van der Waals surface area (Å²) in [7, 11) is 1.55. The predicted molar refractivity (Wildman–Crippen MR) is 118 cm³/mol. The number of nitrogens with zero attached hydrogens (tertiary/aromatic N) is 1. The van der Waals surface area contributed by atoms with Gasteiger partial charge in [-0.2, -0.15) is 0 Å². The van der Waals surface area contributed by atoms with Crippen molar-refractivity contribution in [2.45, 2.75) is 40.3 Å². The van der Waals surface area contributed by atoms with Gasteiger partial charge in [-0.3, -0.25) is 9.59 Å². The zero-order valence-corrected chi connectivity index (χ0v) is 18.5. The van der Waals surface area contributed by atoms with Gasteiger partial charge in [-0.15, -0.1) is 0 Å². The van der Waals surface area contributed by atoms with Crippen molar-refractivity contribution in [3.63, 3.8) is 0 Å². The number of ether oxygens (including phenoxy) is 2. The smallest absolute Gasteiger partial charge is 0.261 e. The molecule has 162 valence electrons. The molecule has 1 N–H and O–H groups in total. The first-order chi connectivity index (χ1) is 14.3. The third kappa shape index (κ3) is 6.79. The molecule has 0 fully saturated rings. The number of hydrogen-bond acceptors (Lipinski definition) is 4. The highest BCUT2D eigenvalue weighted by atomic mass is 16.5. The van der Waals surface area contributed by atoms with Gasteiger partial charge in [0.25, 0.3) is 5.91 Å². The Hall–Kier alpha value is -3.02. The minimum atomic E-state index is -0.626. The monoisotopic (exact) mass is 412 g/mol. The molecule has 6 heteroatoms. The van der Waals surface area contributed by atoms with Crippen molar-refractivity contribution in [2.24, 2.45) is 5.92 Å². The Morgan fingerprint density at radius 3 is 2.23 bits per heavy atom. The molecule has 0 saturated heterocycles. The highest BCUT2D eigenvalue weighted by Gasteiger charge is 2.26. The number of carbonyl (C=O) groups is 2. The largest absolute Gasteiger partial charge is 0.493 e. The van der Waals surface area contributed by atoms with Gasteiger partial charge >= 0.3 is 0 Å². The summed E-state index contributed by atoms with van der Waals surface area (Å²) < 4.78 is 11.0. The Bertz CT molecular complexity index is 833. The summed E-state index contributed by atoms with van der Waals surface area (Å²) in [5.74, 6) is 0.921. The second-order valence-corrected chi connectivity index (χ2v) is 7.76. The maximum atomic E-state index is 13.1. The van der Waals surface area contributed by atoms with E-state index in [1.54, 1.807) is 31.1 Å². The molecule has 1 atom stereocenters. The predicted octanol–water partition coefficient (Wildman–Crippen LogP) is 3.57. The fraction of sp³-hybridized carbons (Fsp3) is 0.417. The average molecular weight is 413 g/mol. The number of methoxy groups -OCH3 is 1. The summed E-state index contributed by atoms with van der Waals surface area (Å²) in [5.41, 5.74) is 2.09. The lowest BCUT2D eigenvalue weighted by atomic mass is 10.1. The van der Waals surface area contributed by atoms with Gasteiger partial charge in [0.1, 0.15) is 6.04 Å². The van der Waals surface area contributed by atoms with E-state index in [4.69, 9.17) is 9.47 Å². The lowest BCUT2D eigenvalue weighted by Gasteiger charge is -2.29. The summed E-state index contributed by atoms with van der Waals surface area (Å²) in [6, 6.07) is 14.5. The SMILES string of the molecule is COc1ccccc1OCC(=O)N(Cc1ccc(C)cc1)[C@@H](C)C(=O)NCC(C)C. The van der Waals surface area contributed by atoms with Crippen molar-refractivity contribution in [3.05, 3.63) is 59.7 Å².